The van der Waals surface area contributed by atoms with Gasteiger partial charge in [-0.05, 0) is 41.8 Å². The number of hydrogen-bond acceptors (Lipinski definition) is 2. The van der Waals surface area contributed by atoms with Gasteiger partial charge in [0.25, 0.3) is 0 Å². The minimum absolute atomic E-state index is 0.438. The summed E-state index contributed by atoms with van der Waals surface area (Å²) in [6.45, 7) is 2.02. The first-order chi connectivity index (χ1) is 11.1. The summed E-state index contributed by atoms with van der Waals surface area (Å²) in [5.74, 6) is -0.438. The molecule has 4 heteroatoms. The van der Waals surface area contributed by atoms with E-state index in [0.717, 1.165) is 38.6 Å². The van der Waals surface area contributed by atoms with Crippen LogP contribution in [0.3, 0.4) is 0 Å². The minimum Gasteiger partial charge on any atom is -0.366 e. The number of carbonyl (C=O) groups excluding carboxylic acids is 1. The number of nitrogens with zero attached hydrogens (tertiary/aromatic N) is 1. The highest BCUT2D eigenvalue weighted by atomic mass is 16.1. The molecule has 0 unspecified atom stereocenters. The van der Waals surface area contributed by atoms with Crippen LogP contribution in [-0.2, 0) is 0 Å². The second kappa shape index (κ2) is 4.95. The molecular weight excluding hydrogens is 286 g/mol. The van der Waals surface area contributed by atoms with Crippen molar-refractivity contribution in [3.8, 4) is 11.1 Å². The molecule has 0 spiro atoms. The number of amides is 1. The second-order valence-electron chi connectivity index (χ2n) is 5.71. The maximum absolute atomic E-state index is 11.7. The summed E-state index contributed by atoms with van der Waals surface area (Å²) < 4.78 is 0. The summed E-state index contributed by atoms with van der Waals surface area (Å²) in [5.41, 5.74) is 10.8. The number of primary amides is 1. The van der Waals surface area contributed by atoms with Crippen molar-refractivity contribution in [3.05, 3.63) is 65.9 Å². The van der Waals surface area contributed by atoms with E-state index in [1.165, 1.54) is 0 Å². The molecule has 4 nitrogen and oxygen atoms in total. The van der Waals surface area contributed by atoms with Crippen LogP contribution in [-0.4, -0.2) is 15.9 Å². The lowest BCUT2D eigenvalue weighted by Crippen LogP contribution is -2.10. The Balaban J connectivity index is 2.18. The number of rotatable bonds is 2. The van der Waals surface area contributed by atoms with Crippen LogP contribution < -0.4 is 5.73 Å². The third-order valence-corrected chi connectivity index (χ3v) is 4.05. The highest BCUT2D eigenvalue weighted by Crippen LogP contribution is 2.35. The molecule has 23 heavy (non-hydrogen) atoms. The number of nitrogens with one attached hydrogen (secondary N) is 1. The fourth-order valence-corrected chi connectivity index (χ4v) is 3.01. The zero-order valence-corrected chi connectivity index (χ0v) is 12.6. The number of aromatic nitrogens is 2. The Labute approximate surface area is 133 Å². The Morgan fingerprint density at radius 1 is 1.13 bits per heavy atom. The van der Waals surface area contributed by atoms with Gasteiger partial charge in [-0.25, -0.2) is 4.98 Å². The maximum Gasteiger partial charge on any atom is 0.248 e. The first kappa shape index (κ1) is 13.5. The van der Waals surface area contributed by atoms with E-state index >= 15 is 0 Å². The van der Waals surface area contributed by atoms with Crippen molar-refractivity contribution in [2.45, 2.75) is 6.92 Å². The van der Waals surface area contributed by atoms with Crippen LogP contribution in [0.5, 0.6) is 0 Å². The smallest absolute Gasteiger partial charge is 0.248 e. The van der Waals surface area contributed by atoms with E-state index in [-0.39, 0.29) is 0 Å². The number of hydrogen-bond donors (Lipinski definition) is 2. The lowest BCUT2D eigenvalue weighted by Gasteiger charge is -2.07. The number of nitrogens with two attached hydrogens (primary N) is 1. The van der Waals surface area contributed by atoms with Crippen LogP contribution >= 0.6 is 0 Å². The summed E-state index contributed by atoms with van der Waals surface area (Å²) in [6, 6.07) is 15.8. The summed E-state index contributed by atoms with van der Waals surface area (Å²) >= 11 is 0. The summed E-state index contributed by atoms with van der Waals surface area (Å²) in [7, 11) is 0. The molecule has 112 valence electrons. The van der Waals surface area contributed by atoms with Gasteiger partial charge in [0.1, 0.15) is 5.65 Å². The number of aryl methyl sites for hydroxylation is 1. The molecule has 2 aromatic carbocycles. The van der Waals surface area contributed by atoms with Gasteiger partial charge in [0, 0.05) is 28.0 Å². The third-order valence-electron chi connectivity index (χ3n) is 4.05. The predicted molar refractivity (Wildman–Crippen MR) is 92.3 cm³/mol. The van der Waals surface area contributed by atoms with E-state index in [0.29, 0.717) is 5.56 Å². The first-order valence-electron chi connectivity index (χ1n) is 7.41. The number of benzene rings is 2. The van der Waals surface area contributed by atoms with Gasteiger partial charge in [0.15, 0.2) is 0 Å². The molecule has 3 N–H and O–H groups in total. The van der Waals surface area contributed by atoms with Crippen molar-refractivity contribution in [2.75, 3.05) is 0 Å². The monoisotopic (exact) mass is 301 g/mol. The number of pyridine rings is 1. The van der Waals surface area contributed by atoms with Gasteiger partial charge >= 0.3 is 0 Å². The molecule has 0 fully saturated rings. The van der Waals surface area contributed by atoms with E-state index in [2.05, 4.69) is 16.0 Å². The number of H-pyrrole nitrogens is 1. The Hall–Kier alpha value is -3.14. The molecule has 2 aromatic heterocycles. The standard InChI is InChI=1S/C19H15N3O/c1-11-7-15-17-14(12-5-3-2-4-6-12)8-13(18(20)23)9-16(17)22-19(15)21-10-11/h2-10H,1H3,(H2,20,23)(H,21,22). The molecule has 1 amide bonds. The van der Waals surface area contributed by atoms with E-state index < -0.39 is 5.91 Å². The molecule has 0 bridgehead atoms. The topological polar surface area (TPSA) is 71.8 Å². The minimum atomic E-state index is -0.438. The van der Waals surface area contributed by atoms with Gasteiger partial charge in [-0.15, -0.1) is 0 Å². The molecule has 0 aliphatic carbocycles. The van der Waals surface area contributed by atoms with Gasteiger partial charge in [-0.2, -0.15) is 0 Å². The second-order valence-corrected chi connectivity index (χ2v) is 5.71. The van der Waals surface area contributed by atoms with Crippen molar-refractivity contribution in [2.24, 2.45) is 5.73 Å². The number of aromatic amines is 1. The fraction of sp³-hybridized carbons (Fsp3) is 0.0526. The molecule has 0 atom stereocenters. The van der Waals surface area contributed by atoms with Gasteiger partial charge in [-0.1, -0.05) is 30.3 Å². The molecule has 4 aromatic rings. The Kier molecular flexibility index (Phi) is 2.91. The molecule has 0 aliphatic rings. The normalized spacial score (nSPS) is 11.2. The average molecular weight is 301 g/mol. The highest BCUT2D eigenvalue weighted by Gasteiger charge is 2.14. The van der Waals surface area contributed by atoms with Gasteiger partial charge in [0.2, 0.25) is 5.91 Å². The largest absolute Gasteiger partial charge is 0.366 e. The van der Waals surface area contributed by atoms with Crippen molar-refractivity contribution < 1.29 is 4.79 Å². The summed E-state index contributed by atoms with van der Waals surface area (Å²) in [4.78, 5) is 19.4. The van der Waals surface area contributed by atoms with Crippen LogP contribution in [0.2, 0.25) is 0 Å². The lowest BCUT2D eigenvalue weighted by molar-refractivity contribution is 0.100. The molecule has 0 saturated heterocycles. The summed E-state index contributed by atoms with van der Waals surface area (Å²) in [5, 5.41) is 2.11. The molecule has 4 rings (SSSR count). The average Bonchev–Trinajstić information content (AvgIpc) is 2.92. The molecule has 2 heterocycles. The van der Waals surface area contributed by atoms with E-state index in [1.54, 1.807) is 6.07 Å². The van der Waals surface area contributed by atoms with E-state index in [4.69, 9.17) is 5.73 Å². The molecular formula is C19H15N3O. The fourth-order valence-electron chi connectivity index (χ4n) is 3.01. The van der Waals surface area contributed by atoms with Gasteiger partial charge < -0.3 is 10.7 Å². The first-order valence-corrected chi connectivity index (χ1v) is 7.41. The zero-order chi connectivity index (χ0) is 16.0. The third kappa shape index (κ3) is 2.16. The highest BCUT2D eigenvalue weighted by molar-refractivity contribution is 6.15. The van der Waals surface area contributed by atoms with Crippen molar-refractivity contribution >= 4 is 27.8 Å². The summed E-state index contributed by atoms with van der Waals surface area (Å²) in [6.07, 6.45) is 1.83. The number of carbonyl (C=O) groups is 1. The van der Waals surface area contributed by atoms with Crippen LogP contribution in [0, 0.1) is 6.92 Å². The SMILES string of the molecule is Cc1cnc2[nH]c3cc(C(N)=O)cc(-c4ccccc4)c3c2c1. The number of fused-ring (bicyclic) bond motifs is 3. The Bertz CT molecular complexity index is 1050. The Morgan fingerprint density at radius 3 is 2.65 bits per heavy atom. The van der Waals surface area contributed by atoms with Crippen molar-refractivity contribution in [1.29, 1.82) is 0 Å². The quantitative estimate of drug-likeness (QED) is 0.591. The van der Waals surface area contributed by atoms with Gasteiger partial charge in [-0.3, -0.25) is 4.79 Å². The molecule has 0 saturated carbocycles. The van der Waals surface area contributed by atoms with E-state index in [1.807, 2.05) is 49.5 Å². The van der Waals surface area contributed by atoms with Crippen molar-refractivity contribution in [3.63, 3.8) is 0 Å². The van der Waals surface area contributed by atoms with Crippen LogP contribution in [0.1, 0.15) is 15.9 Å². The molecule has 0 aliphatic heterocycles. The van der Waals surface area contributed by atoms with Crippen LogP contribution in [0.4, 0.5) is 0 Å². The zero-order valence-electron chi connectivity index (χ0n) is 12.6. The van der Waals surface area contributed by atoms with Gasteiger partial charge in [0.05, 0.1) is 0 Å². The van der Waals surface area contributed by atoms with Crippen molar-refractivity contribution in [1.82, 2.24) is 9.97 Å². The predicted octanol–water partition coefficient (Wildman–Crippen LogP) is 3.79. The van der Waals surface area contributed by atoms with Crippen LogP contribution in [0.25, 0.3) is 33.1 Å². The van der Waals surface area contributed by atoms with Crippen LogP contribution in [0.15, 0.2) is 54.7 Å². The maximum atomic E-state index is 11.7. The Morgan fingerprint density at radius 2 is 1.91 bits per heavy atom. The molecule has 0 radical (unpaired) electrons. The van der Waals surface area contributed by atoms with E-state index in [9.17, 15) is 4.79 Å². The lowest BCUT2D eigenvalue weighted by atomic mass is 9.97.